The molecule has 8 heteroatoms. The van der Waals surface area contributed by atoms with Crippen LogP contribution >= 0.6 is 0 Å². The minimum absolute atomic E-state index is 0.134. The van der Waals surface area contributed by atoms with E-state index in [1.807, 2.05) is 24.3 Å². The molecule has 1 unspecified atom stereocenters. The van der Waals surface area contributed by atoms with Crippen LogP contribution in [0.25, 0.3) is 0 Å². The molecular formula is C20H21N5O3. The van der Waals surface area contributed by atoms with E-state index < -0.39 is 6.04 Å². The van der Waals surface area contributed by atoms with Gasteiger partial charge in [0, 0.05) is 11.4 Å². The molecule has 0 bridgehead atoms. The van der Waals surface area contributed by atoms with Gasteiger partial charge in [0.25, 0.3) is 0 Å². The van der Waals surface area contributed by atoms with Crippen LogP contribution in [0.1, 0.15) is 18.5 Å². The summed E-state index contributed by atoms with van der Waals surface area (Å²) < 4.78 is 6.64. The van der Waals surface area contributed by atoms with Gasteiger partial charge in [-0.3, -0.25) is 9.59 Å². The molecule has 0 aliphatic rings. The van der Waals surface area contributed by atoms with E-state index in [0.29, 0.717) is 17.1 Å². The van der Waals surface area contributed by atoms with Crippen LogP contribution in [0, 0.1) is 0 Å². The molecule has 1 aromatic heterocycles. The van der Waals surface area contributed by atoms with Crippen LogP contribution < -0.4 is 15.4 Å². The molecule has 0 aliphatic carbocycles. The van der Waals surface area contributed by atoms with E-state index in [1.54, 1.807) is 38.3 Å². The molecule has 0 fully saturated rings. The van der Waals surface area contributed by atoms with Gasteiger partial charge in [0.2, 0.25) is 11.8 Å². The number of benzene rings is 2. The highest BCUT2D eigenvalue weighted by molar-refractivity contribution is 5.95. The van der Waals surface area contributed by atoms with E-state index in [0.717, 1.165) is 5.56 Å². The first-order valence-corrected chi connectivity index (χ1v) is 8.73. The van der Waals surface area contributed by atoms with Crippen molar-refractivity contribution in [1.29, 1.82) is 0 Å². The van der Waals surface area contributed by atoms with Crippen molar-refractivity contribution in [2.75, 3.05) is 17.7 Å². The molecule has 0 aliphatic heterocycles. The number of nitrogens with one attached hydrogen (secondary N) is 2. The minimum Gasteiger partial charge on any atom is -0.497 e. The Bertz CT molecular complexity index is 939. The second-order valence-electron chi connectivity index (χ2n) is 6.19. The summed E-state index contributed by atoms with van der Waals surface area (Å²) in [6.07, 6.45) is 3.11. The largest absolute Gasteiger partial charge is 0.497 e. The lowest BCUT2D eigenvalue weighted by Crippen LogP contribution is -2.24. The van der Waals surface area contributed by atoms with Crippen molar-refractivity contribution >= 4 is 23.2 Å². The van der Waals surface area contributed by atoms with E-state index in [1.165, 1.54) is 17.3 Å². The summed E-state index contributed by atoms with van der Waals surface area (Å²) in [5.74, 6) is 0.371. The summed E-state index contributed by atoms with van der Waals surface area (Å²) in [7, 11) is 1.59. The number of anilines is 2. The number of carbonyl (C=O) groups excluding carboxylic acids is 2. The molecule has 0 radical (unpaired) electrons. The topological polar surface area (TPSA) is 98.1 Å². The average Bonchev–Trinajstić information content (AvgIpc) is 3.23. The van der Waals surface area contributed by atoms with Crippen LogP contribution in [0.4, 0.5) is 11.4 Å². The molecule has 3 aromatic rings. The summed E-state index contributed by atoms with van der Waals surface area (Å²) in [4.78, 5) is 28.3. The van der Waals surface area contributed by atoms with Crippen molar-refractivity contribution in [3.05, 3.63) is 66.7 Å². The Kier molecular flexibility index (Phi) is 6.01. The maximum absolute atomic E-state index is 12.2. The summed E-state index contributed by atoms with van der Waals surface area (Å²) in [5.41, 5.74) is 2.14. The number of rotatable bonds is 7. The van der Waals surface area contributed by atoms with Crippen LogP contribution in [-0.4, -0.2) is 33.7 Å². The first-order chi connectivity index (χ1) is 13.5. The maximum Gasteiger partial charge on any atom is 0.249 e. The lowest BCUT2D eigenvalue weighted by molar-refractivity contribution is -0.119. The minimum atomic E-state index is -0.482. The molecule has 2 aromatic carbocycles. The van der Waals surface area contributed by atoms with Gasteiger partial charge in [0.05, 0.1) is 13.5 Å². The van der Waals surface area contributed by atoms with Gasteiger partial charge in [-0.1, -0.05) is 12.1 Å². The predicted octanol–water partition coefficient (Wildman–Crippen LogP) is 2.67. The third kappa shape index (κ3) is 4.94. The van der Waals surface area contributed by atoms with Crippen molar-refractivity contribution in [1.82, 2.24) is 14.8 Å². The zero-order chi connectivity index (χ0) is 19.9. The number of methoxy groups -OCH3 is 1. The molecular weight excluding hydrogens is 358 g/mol. The Morgan fingerprint density at radius 2 is 1.82 bits per heavy atom. The van der Waals surface area contributed by atoms with Crippen molar-refractivity contribution in [2.45, 2.75) is 19.4 Å². The fraction of sp³-hybridized carbons (Fsp3) is 0.200. The van der Waals surface area contributed by atoms with Crippen molar-refractivity contribution in [3.8, 4) is 5.75 Å². The fourth-order valence-electron chi connectivity index (χ4n) is 2.59. The highest BCUT2D eigenvalue weighted by atomic mass is 16.5. The van der Waals surface area contributed by atoms with Crippen LogP contribution in [0.5, 0.6) is 5.75 Å². The highest BCUT2D eigenvalue weighted by Gasteiger charge is 2.15. The molecule has 0 saturated heterocycles. The van der Waals surface area contributed by atoms with Gasteiger partial charge < -0.3 is 15.4 Å². The van der Waals surface area contributed by atoms with Crippen LogP contribution in [0.3, 0.4) is 0 Å². The van der Waals surface area contributed by atoms with Crippen LogP contribution in [-0.2, 0) is 16.0 Å². The van der Waals surface area contributed by atoms with E-state index in [4.69, 9.17) is 4.74 Å². The molecule has 1 heterocycles. The van der Waals surface area contributed by atoms with Crippen molar-refractivity contribution in [2.24, 2.45) is 0 Å². The van der Waals surface area contributed by atoms with Crippen LogP contribution in [0.2, 0.25) is 0 Å². The quantitative estimate of drug-likeness (QED) is 0.658. The molecule has 2 N–H and O–H groups in total. The molecule has 28 heavy (non-hydrogen) atoms. The van der Waals surface area contributed by atoms with Gasteiger partial charge in [-0.05, 0) is 48.9 Å². The highest BCUT2D eigenvalue weighted by Crippen LogP contribution is 2.17. The van der Waals surface area contributed by atoms with E-state index in [9.17, 15) is 9.59 Å². The second kappa shape index (κ2) is 8.81. The van der Waals surface area contributed by atoms with Gasteiger partial charge in [-0.15, -0.1) is 0 Å². The summed E-state index contributed by atoms with van der Waals surface area (Å²) in [6.45, 7) is 1.73. The molecule has 0 spiro atoms. The molecule has 1 atom stereocenters. The van der Waals surface area contributed by atoms with Gasteiger partial charge in [0.1, 0.15) is 24.4 Å². The van der Waals surface area contributed by atoms with Gasteiger partial charge in [-0.25, -0.2) is 9.67 Å². The second-order valence-corrected chi connectivity index (χ2v) is 6.19. The monoisotopic (exact) mass is 379 g/mol. The third-order valence-corrected chi connectivity index (χ3v) is 4.15. The standard InChI is InChI=1S/C20H21N5O3/c1-14(25-13-21-12-22-25)20(27)24-17-8-6-16(7-9-17)23-19(26)11-15-4-3-5-18(10-15)28-2/h3-10,12-14H,11H2,1-2H3,(H,23,26)(H,24,27). The van der Waals surface area contributed by atoms with Gasteiger partial charge >= 0.3 is 0 Å². The number of carbonyl (C=O) groups is 2. The summed E-state index contributed by atoms with van der Waals surface area (Å²) in [6, 6.07) is 13.8. The Morgan fingerprint density at radius 1 is 1.11 bits per heavy atom. The average molecular weight is 379 g/mol. The molecule has 144 valence electrons. The number of aromatic nitrogens is 3. The predicted molar refractivity (Wildman–Crippen MR) is 105 cm³/mol. The molecule has 3 rings (SSSR count). The summed E-state index contributed by atoms with van der Waals surface area (Å²) >= 11 is 0. The number of nitrogens with zero attached hydrogens (tertiary/aromatic N) is 3. The zero-order valence-corrected chi connectivity index (χ0v) is 15.6. The van der Waals surface area contributed by atoms with E-state index in [2.05, 4.69) is 20.7 Å². The smallest absolute Gasteiger partial charge is 0.249 e. The maximum atomic E-state index is 12.2. The first kappa shape index (κ1) is 19.1. The Labute approximate surface area is 162 Å². The van der Waals surface area contributed by atoms with Crippen LogP contribution in [0.15, 0.2) is 61.2 Å². The first-order valence-electron chi connectivity index (χ1n) is 8.73. The number of hydrogen-bond acceptors (Lipinski definition) is 5. The number of ether oxygens (including phenoxy) is 1. The molecule has 0 saturated carbocycles. The van der Waals surface area contributed by atoms with E-state index in [-0.39, 0.29) is 18.2 Å². The SMILES string of the molecule is COc1cccc(CC(=O)Nc2ccc(NC(=O)C(C)n3cncn3)cc2)c1. The lowest BCUT2D eigenvalue weighted by atomic mass is 10.1. The Balaban J connectivity index is 1.55. The third-order valence-electron chi connectivity index (χ3n) is 4.15. The fourth-order valence-corrected chi connectivity index (χ4v) is 2.59. The Morgan fingerprint density at radius 3 is 2.46 bits per heavy atom. The molecule has 8 nitrogen and oxygen atoms in total. The zero-order valence-electron chi connectivity index (χ0n) is 15.6. The molecule has 2 amide bonds. The number of hydrogen-bond donors (Lipinski definition) is 2. The normalized spacial score (nSPS) is 11.5. The summed E-state index contributed by atoms with van der Waals surface area (Å²) in [5, 5.41) is 9.61. The van der Waals surface area contributed by atoms with Crippen molar-refractivity contribution < 1.29 is 14.3 Å². The Hall–Kier alpha value is -3.68. The number of amides is 2. The van der Waals surface area contributed by atoms with Gasteiger partial charge in [-0.2, -0.15) is 5.10 Å². The van der Waals surface area contributed by atoms with Gasteiger partial charge in [0.15, 0.2) is 0 Å². The van der Waals surface area contributed by atoms with Crippen molar-refractivity contribution in [3.63, 3.8) is 0 Å². The lowest BCUT2D eigenvalue weighted by Gasteiger charge is -2.12. The van der Waals surface area contributed by atoms with E-state index >= 15 is 0 Å².